The number of hydrogen-bond donors (Lipinski definition) is 2. The lowest BCUT2D eigenvalue weighted by molar-refractivity contribution is 0.151. The molecule has 2 aromatic rings. The van der Waals surface area contributed by atoms with E-state index in [9.17, 15) is 13.6 Å². The number of fused-ring (bicyclic) bond motifs is 1. The number of benzene rings is 2. The van der Waals surface area contributed by atoms with E-state index in [4.69, 9.17) is 5.11 Å². The van der Waals surface area contributed by atoms with Crippen LogP contribution in [0.3, 0.4) is 0 Å². The van der Waals surface area contributed by atoms with Crippen LogP contribution in [-0.2, 0) is 6.42 Å². The third kappa shape index (κ3) is 2.98. The third-order valence-corrected chi connectivity index (χ3v) is 4.62. The molecule has 126 valence electrons. The normalized spacial score (nSPS) is 18.5. The maximum absolute atomic E-state index is 12.9. The molecule has 2 N–H and O–H groups in total. The fourth-order valence-electron chi connectivity index (χ4n) is 3.48. The van der Waals surface area contributed by atoms with Crippen LogP contribution in [0.4, 0.5) is 13.6 Å². The van der Waals surface area contributed by atoms with Crippen LogP contribution < -0.4 is 5.32 Å². The van der Waals surface area contributed by atoms with Crippen molar-refractivity contribution in [3.05, 3.63) is 59.2 Å². The van der Waals surface area contributed by atoms with Gasteiger partial charge in [-0.1, -0.05) is 50.2 Å². The van der Waals surface area contributed by atoms with Gasteiger partial charge in [0.15, 0.2) is 0 Å². The SMILES string of the molecule is CC1(C)Cc2cc(-c3cccc(C(F)F)c3)ccc2C1NC(=O)O. The Labute approximate surface area is 139 Å². The maximum atomic E-state index is 12.9. The summed E-state index contributed by atoms with van der Waals surface area (Å²) >= 11 is 0. The minimum Gasteiger partial charge on any atom is -0.465 e. The van der Waals surface area contributed by atoms with Gasteiger partial charge < -0.3 is 10.4 Å². The van der Waals surface area contributed by atoms with E-state index in [1.807, 2.05) is 32.0 Å². The van der Waals surface area contributed by atoms with Gasteiger partial charge in [0.1, 0.15) is 0 Å². The minimum absolute atomic E-state index is 0.00116. The predicted molar refractivity (Wildman–Crippen MR) is 88.2 cm³/mol. The quantitative estimate of drug-likeness (QED) is 0.814. The molecule has 0 heterocycles. The maximum Gasteiger partial charge on any atom is 0.405 e. The Bertz CT molecular complexity index is 787. The topological polar surface area (TPSA) is 49.3 Å². The standard InChI is InChI=1S/C19H19F2NO2/c1-19(2)10-14-9-12(6-7-15(14)16(19)22-18(23)24)11-4-3-5-13(8-11)17(20)21/h3-9,16-17,22H,10H2,1-2H3,(H,23,24). The molecule has 0 saturated heterocycles. The van der Waals surface area contributed by atoms with Crippen molar-refractivity contribution in [3.8, 4) is 11.1 Å². The molecule has 1 atom stereocenters. The Hall–Kier alpha value is -2.43. The van der Waals surface area contributed by atoms with Gasteiger partial charge in [-0.05, 0) is 40.2 Å². The highest BCUT2D eigenvalue weighted by atomic mass is 19.3. The molecule has 0 radical (unpaired) electrons. The van der Waals surface area contributed by atoms with Crippen LogP contribution in [0.2, 0.25) is 0 Å². The van der Waals surface area contributed by atoms with Crippen molar-refractivity contribution in [1.82, 2.24) is 5.32 Å². The Morgan fingerprint density at radius 2 is 1.92 bits per heavy atom. The molecule has 1 amide bonds. The number of rotatable bonds is 3. The summed E-state index contributed by atoms with van der Waals surface area (Å²) in [5.74, 6) is 0. The molecular formula is C19H19F2NO2. The molecule has 1 unspecified atom stereocenters. The van der Waals surface area contributed by atoms with E-state index in [-0.39, 0.29) is 17.0 Å². The Balaban J connectivity index is 1.99. The molecule has 0 spiro atoms. The average molecular weight is 331 g/mol. The lowest BCUT2D eigenvalue weighted by atomic mass is 9.85. The van der Waals surface area contributed by atoms with Crippen molar-refractivity contribution in [2.45, 2.75) is 32.7 Å². The molecule has 0 saturated carbocycles. The molecule has 2 aromatic carbocycles. The molecular weight excluding hydrogens is 312 g/mol. The smallest absolute Gasteiger partial charge is 0.405 e. The van der Waals surface area contributed by atoms with E-state index in [2.05, 4.69) is 5.32 Å². The number of halogens is 2. The fraction of sp³-hybridized carbons (Fsp3) is 0.316. The summed E-state index contributed by atoms with van der Waals surface area (Å²) in [4.78, 5) is 11.1. The summed E-state index contributed by atoms with van der Waals surface area (Å²) in [5, 5.41) is 11.7. The van der Waals surface area contributed by atoms with Crippen molar-refractivity contribution in [3.63, 3.8) is 0 Å². The molecule has 3 nitrogen and oxygen atoms in total. The highest BCUT2D eigenvalue weighted by Gasteiger charge is 2.39. The highest BCUT2D eigenvalue weighted by molar-refractivity contribution is 5.69. The molecule has 0 fully saturated rings. The molecule has 24 heavy (non-hydrogen) atoms. The first-order valence-electron chi connectivity index (χ1n) is 7.79. The molecule has 1 aliphatic rings. The van der Waals surface area contributed by atoms with E-state index < -0.39 is 12.5 Å². The Morgan fingerprint density at radius 1 is 1.21 bits per heavy atom. The summed E-state index contributed by atoms with van der Waals surface area (Å²) in [6.07, 6.45) is -2.81. The van der Waals surface area contributed by atoms with Gasteiger partial charge in [0.25, 0.3) is 6.43 Å². The van der Waals surface area contributed by atoms with Crippen molar-refractivity contribution in [1.29, 1.82) is 0 Å². The lowest BCUT2D eigenvalue weighted by Gasteiger charge is -2.27. The number of hydrogen-bond acceptors (Lipinski definition) is 1. The summed E-state index contributed by atoms with van der Waals surface area (Å²) in [5.41, 5.74) is 3.38. The molecule has 3 rings (SSSR count). The highest BCUT2D eigenvalue weighted by Crippen LogP contribution is 2.46. The van der Waals surface area contributed by atoms with E-state index in [0.29, 0.717) is 0 Å². The number of carbonyl (C=O) groups is 1. The molecule has 0 aromatic heterocycles. The van der Waals surface area contributed by atoms with Crippen molar-refractivity contribution in [2.75, 3.05) is 0 Å². The van der Waals surface area contributed by atoms with E-state index in [1.165, 1.54) is 12.1 Å². The van der Waals surface area contributed by atoms with Crippen LogP contribution in [0, 0.1) is 5.41 Å². The lowest BCUT2D eigenvalue weighted by Crippen LogP contribution is -2.34. The fourth-order valence-corrected chi connectivity index (χ4v) is 3.48. The van der Waals surface area contributed by atoms with Gasteiger partial charge in [-0.3, -0.25) is 0 Å². The van der Waals surface area contributed by atoms with E-state index >= 15 is 0 Å². The van der Waals surface area contributed by atoms with Crippen molar-refractivity contribution < 1.29 is 18.7 Å². The molecule has 0 aliphatic heterocycles. The van der Waals surface area contributed by atoms with Gasteiger partial charge in [0.05, 0.1) is 6.04 Å². The largest absolute Gasteiger partial charge is 0.465 e. The van der Waals surface area contributed by atoms with E-state index in [0.717, 1.165) is 28.7 Å². The van der Waals surface area contributed by atoms with Gasteiger partial charge in [0, 0.05) is 5.56 Å². The summed E-state index contributed by atoms with van der Waals surface area (Å²) < 4.78 is 25.8. The molecule has 0 bridgehead atoms. The van der Waals surface area contributed by atoms with Crippen LogP contribution in [-0.4, -0.2) is 11.2 Å². The van der Waals surface area contributed by atoms with Gasteiger partial charge in [-0.25, -0.2) is 13.6 Å². The van der Waals surface area contributed by atoms with Crippen LogP contribution >= 0.6 is 0 Å². The number of alkyl halides is 2. The zero-order valence-corrected chi connectivity index (χ0v) is 13.5. The zero-order chi connectivity index (χ0) is 17.5. The number of nitrogens with one attached hydrogen (secondary N) is 1. The molecule has 1 aliphatic carbocycles. The van der Waals surface area contributed by atoms with Crippen LogP contribution in [0.5, 0.6) is 0 Å². The Morgan fingerprint density at radius 3 is 2.58 bits per heavy atom. The minimum atomic E-state index is -2.50. The summed E-state index contributed by atoms with van der Waals surface area (Å²) in [6, 6.07) is 11.8. The van der Waals surface area contributed by atoms with Crippen molar-refractivity contribution in [2.24, 2.45) is 5.41 Å². The second-order valence-corrected chi connectivity index (χ2v) is 6.89. The first-order chi connectivity index (χ1) is 11.3. The van der Waals surface area contributed by atoms with Gasteiger partial charge >= 0.3 is 6.09 Å². The van der Waals surface area contributed by atoms with Gasteiger partial charge in [-0.2, -0.15) is 0 Å². The van der Waals surface area contributed by atoms with Crippen LogP contribution in [0.15, 0.2) is 42.5 Å². The molecule has 5 heteroatoms. The Kier molecular flexibility index (Phi) is 4.03. The van der Waals surface area contributed by atoms with Gasteiger partial charge in [0.2, 0.25) is 0 Å². The first kappa shape index (κ1) is 16.4. The van der Waals surface area contributed by atoms with Gasteiger partial charge in [-0.15, -0.1) is 0 Å². The van der Waals surface area contributed by atoms with Crippen LogP contribution in [0.25, 0.3) is 11.1 Å². The van der Waals surface area contributed by atoms with Crippen LogP contribution in [0.1, 0.15) is 43.0 Å². The average Bonchev–Trinajstić information content (AvgIpc) is 2.76. The van der Waals surface area contributed by atoms with E-state index in [1.54, 1.807) is 12.1 Å². The summed E-state index contributed by atoms with van der Waals surface area (Å²) in [7, 11) is 0. The monoisotopic (exact) mass is 331 g/mol. The zero-order valence-electron chi connectivity index (χ0n) is 13.5. The second kappa shape index (κ2) is 5.89. The second-order valence-electron chi connectivity index (χ2n) is 6.89. The predicted octanol–water partition coefficient (Wildman–Crippen LogP) is 5.18. The first-order valence-corrected chi connectivity index (χ1v) is 7.79. The number of amides is 1. The summed E-state index contributed by atoms with van der Waals surface area (Å²) in [6.45, 7) is 4.04. The third-order valence-electron chi connectivity index (χ3n) is 4.62. The number of carboxylic acid groups (broad SMARTS) is 1. The van der Waals surface area contributed by atoms with Crippen molar-refractivity contribution >= 4 is 6.09 Å².